The highest BCUT2D eigenvalue weighted by atomic mass is 35.5. The number of halogens is 2. The van der Waals surface area contributed by atoms with Crippen molar-refractivity contribution in [1.29, 1.82) is 0 Å². The first-order valence-electron chi connectivity index (χ1n) is 18.6. The Labute approximate surface area is 320 Å². The Morgan fingerprint density at radius 3 is 2.66 bits per heavy atom. The van der Waals surface area contributed by atoms with Gasteiger partial charge in [0.25, 0.3) is 5.91 Å². The molecule has 1 saturated heterocycles. The summed E-state index contributed by atoms with van der Waals surface area (Å²) >= 11 is 14.0. The third-order valence-corrected chi connectivity index (χ3v) is 11.4. The van der Waals surface area contributed by atoms with Gasteiger partial charge < -0.3 is 30.0 Å². The number of nitrogens with zero attached hydrogens (tertiary/aromatic N) is 4. The van der Waals surface area contributed by atoms with Crippen LogP contribution in [-0.4, -0.2) is 76.7 Å². The maximum atomic E-state index is 13.7. The minimum atomic E-state index is -0.329. The minimum Gasteiger partial charge on any atom is -0.496 e. The van der Waals surface area contributed by atoms with Gasteiger partial charge in [0.2, 0.25) is 5.91 Å². The molecule has 4 heterocycles. The van der Waals surface area contributed by atoms with Crippen molar-refractivity contribution in [3.63, 3.8) is 0 Å². The van der Waals surface area contributed by atoms with Gasteiger partial charge in [0, 0.05) is 92.8 Å². The zero-order valence-electron chi connectivity index (χ0n) is 30.4. The van der Waals surface area contributed by atoms with Crippen LogP contribution in [0.3, 0.4) is 0 Å². The van der Waals surface area contributed by atoms with Crippen molar-refractivity contribution in [3.05, 3.63) is 81.5 Å². The van der Waals surface area contributed by atoms with Gasteiger partial charge in [-0.15, -0.1) is 0 Å². The lowest BCUT2D eigenvalue weighted by atomic mass is 9.98. The van der Waals surface area contributed by atoms with Crippen molar-refractivity contribution in [3.8, 4) is 28.1 Å². The topological polar surface area (TPSA) is 123 Å². The first-order chi connectivity index (χ1) is 25.8. The summed E-state index contributed by atoms with van der Waals surface area (Å²) in [5, 5.41) is 10.2. The van der Waals surface area contributed by atoms with Crippen LogP contribution in [-0.2, 0) is 36.1 Å². The number of nitrogens with one attached hydrogen (secondary N) is 3. The number of benzene rings is 2. The van der Waals surface area contributed by atoms with Crippen LogP contribution in [0.4, 0.5) is 5.69 Å². The number of imidazole rings is 1. The molecule has 1 atom stereocenters. The molecular formula is C40H47Cl2N7O4. The van der Waals surface area contributed by atoms with Gasteiger partial charge in [0.05, 0.1) is 46.9 Å². The Bertz CT molecular complexity index is 1960. The Morgan fingerprint density at radius 1 is 1.04 bits per heavy atom. The molecule has 2 aromatic carbocycles. The molecule has 0 bridgehead atoms. The number of pyridine rings is 1. The van der Waals surface area contributed by atoms with E-state index in [4.69, 9.17) is 37.7 Å². The summed E-state index contributed by atoms with van der Waals surface area (Å²) in [6.07, 6.45) is 10.5. The summed E-state index contributed by atoms with van der Waals surface area (Å²) in [4.78, 5) is 37.0. The highest BCUT2D eigenvalue weighted by molar-refractivity contribution is 6.39. The van der Waals surface area contributed by atoms with Crippen LogP contribution in [0.15, 0.2) is 48.7 Å². The lowest BCUT2D eigenvalue weighted by Crippen LogP contribution is -2.35. The molecule has 4 aromatic rings. The standard InChI is InChI=1S/C40H47Cl2N7O4/c1-48-33-16-18-49(19-20-53-28-7-4-3-5-8-28)24-32(33)46-39(48)40(51)47-31-10-6-9-29(36(31)41)30-15-17-44-38(37(30)42)25-11-12-26(34(21-25)52-2)22-43-23-27-13-14-35(50)45-27/h6,9-12,15,17,21,27-28,43H,3-5,7-8,13-14,16,18-20,22-24H2,1-2H3,(H,45,50)(H,47,51)/t27-/m1/s1. The zero-order valence-corrected chi connectivity index (χ0v) is 31.9. The van der Waals surface area contributed by atoms with E-state index in [1.54, 1.807) is 19.4 Å². The Morgan fingerprint density at radius 2 is 1.87 bits per heavy atom. The molecular weight excluding hydrogens is 713 g/mol. The fourth-order valence-electron chi connectivity index (χ4n) is 7.67. The molecule has 2 amide bonds. The number of rotatable bonds is 13. The summed E-state index contributed by atoms with van der Waals surface area (Å²) in [5.74, 6) is 0.816. The number of hydrogen-bond acceptors (Lipinski definition) is 8. The molecule has 280 valence electrons. The lowest BCUT2D eigenvalue weighted by Gasteiger charge is -2.28. The second kappa shape index (κ2) is 17.0. The van der Waals surface area contributed by atoms with Gasteiger partial charge in [-0.1, -0.05) is 66.7 Å². The minimum absolute atomic E-state index is 0.101. The van der Waals surface area contributed by atoms with Crippen molar-refractivity contribution < 1.29 is 19.1 Å². The predicted octanol–water partition coefficient (Wildman–Crippen LogP) is 6.79. The average Bonchev–Trinajstić information content (AvgIpc) is 3.74. The number of anilines is 1. The van der Waals surface area contributed by atoms with Gasteiger partial charge in [-0.3, -0.25) is 19.5 Å². The molecule has 11 nitrogen and oxygen atoms in total. The van der Waals surface area contributed by atoms with E-state index in [1.807, 2.05) is 48.0 Å². The number of carbonyl (C=O) groups excluding carboxylic acids is 2. The highest BCUT2D eigenvalue weighted by Crippen LogP contribution is 2.41. The van der Waals surface area contributed by atoms with Crippen LogP contribution in [0.5, 0.6) is 5.75 Å². The summed E-state index contributed by atoms with van der Waals surface area (Å²) in [6.45, 7) is 4.44. The van der Waals surface area contributed by atoms with E-state index >= 15 is 0 Å². The molecule has 3 N–H and O–H groups in total. The van der Waals surface area contributed by atoms with Crippen molar-refractivity contribution in [2.24, 2.45) is 7.05 Å². The molecule has 0 unspecified atom stereocenters. The van der Waals surface area contributed by atoms with Gasteiger partial charge in [-0.05, 0) is 37.5 Å². The zero-order chi connectivity index (χ0) is 36.9. The summed E-state index contributed by atoms with van der Waals surface area (Å²) in [7, 11) is 3.53. The molecule has 1 saturated carbocycles. The molecule has 1 aliphatic carbocycles. The molecule has 3 aliphatic rings. The van der Waals surface area contributed by atoms with Crippen LogP contribution in [0.1, 0.15) is 72.5 Å². The molecule has 53 heavy (non-hydrogen) atoms. The SMILES string of the molecule is COc1cc(-c2nccc(-c3cccc(NC(=O)c4nc5c(n4C)CCN(CCOC4CCCCC4)C5)c3Cl)c2Cl)ccc1CNC[C@H]1CCC(=O)N1. The molecule has 0 radical (unpaired) electrons. The third kappa shape index (κ3) is 8.55. The van der Waals surface area contributed by atoms with Crippen LogP contribution in [0, 0.1) is 0 Å². The van der Waals surface area contributed by atoms with Crippen molar-refractivity contribution in [2.45, 2.75) is 76.6 Å². The normalized spacial score (nSPS) is 17.8. The summed E-state index contributed by atoms with van der Waals surface area (Å²) < 4.78 is 13.8. The number of amides is 2. The van der Waals surface area contributed by atoms with Crippen LogP contribution >= 0.6 is 23.2 Å². The number of hydrogen-bond donors (Lipinski definition) is 3. The first-order valence-corrected chi connectivity index (χ1v) is 19.3. The number of aromatic nitrogens is 3. The number of fused-ring (bicyclic) bond motifs is 1. The van der Waals surface area contributed by atoms with Crippen LogP contribution < -0.4 is 20.7 Å². The predicted molar refractivity (Wildman–Crippen MR) is 208 cm³/mol. The Hall–Kier alpha value is -4.00. The molecule has 2 aromatic heterocycles. The second-order valence-electron chi connectivity index (χ2n) is 14.1. The molecule has 2 fully saturated rings. The Kier molecular flexibility index (Phi) is 12.0. The van der Waals surface area contributed by atoms with E-state index in [0.29, 0.717) is 76.3 Å². The Balaban J connectivity index is 1.02. The van der Waals surface area contributed by atoms with Crippen LogP contribution in [0.25, 0.3) is 22.4 Å². The van der Waals surface area contributed by atoms with E-state index < -0.39 is 0 Å². The number of carbonyl (C=O) groups is 2. The van der Waals surface area contributed by atoms with E-state index in [0.717, 1.165) is 55.1 Å². The largest absolute Gasteiger partial charge is 0.496 e. The quantitative estimate of drug-likeness (QED) is 0.136. The van der Waals surface area contributed by atoms with Gasteiger partial charge >= 0.3 is 0 Å². The molecule has 2 aliphatic heterocycles. The van der Waals surface area contributed by atoms with Gasteiger partial charge in [0.1, 0.15) is 5.75 Å². The summed E-state index contributed by atoms with van der Waals surface area (Å²) in [6, 6.07) is 13.3. The van der Waals surface area contributed by atoms with E-state index in [9.17, 15) is 9.59 Å². The highest BCUT2D eigenvalue weighted by Gasteiger charge is 2.27. The van der Waals surface area contributed by atoms with Crippen molar-refractivity contribution >= 4 is 40.7 Å². The summed E-state index contributed by atoms with van der Waals surface area (Å²) in [5.41, 5.74) is 6.15. The lowest BCUT2D eigenvalue weighted by molar-refractivity contribution is -0.119. The van der Waals surface area contributed by atoms with Gasteiger partial charge in [0.15, 0.2) is 5.82 Å². The van der Waals surface area contributed by atoms with Crippen molar-refractivity contribution in [1.82, 2.24) is 30.1 Å². The van der Waals surface area contributed by atoms with E-state index in [2.05, 4.69) is 25.8 Å². The molecule has 7 rings (SSSR count). The van der Waals surface area contributed by atoms with Crippen molar-refractivity contribution in [2.75, 3.05) is 38.7 Å². The maximum absolute atomic E-state index is 13.7. The number of ether oxygens (including phenoxy) is 2. The molecule has 13 heteroatoms. The number of methoxy groups -OCH3 is 1. The second-order valence-corrected chi connectivity index (χ2v) is 14.9. The van der Waals surface area contributed by atoms with E-state index in [-0.39, 0.29) is 17.9 Å². The molecule has 0 spiro atoms. The maximum Gasteiger partial charge on any atom is 0.291 e. The first kappa shape index (κ1) is 37.3. The average molecular weight is 761 g/mol. The fraction of sp³-hybridized carbons (Fsp3) is 0.450. The van der Waals surface area contributed by atoms with Crippen LogP contribution in [0.2, 0.25) is 10.0 Å². The van der Waals surface area contributed by atoms with Gasteiger partial charge in [-0.2, -0.15) is 0 Å². The smallest absolute Gasteiger partial charge is 0.291 e. The van der Waals surface area contributed by atoms with E-state index in [1.165, 1.54) is 32.1 Å². The third-order valence-electron chi connectivity index (χ3n) is 10.6. The van der Waals surface area contributed by atoms with Gasteiger partial charge in [-0.25, -0.2) is 4.98 Å². The fourth-order valence-corrected chi connectivity index (χ4v) is 8.27. The monoisotopic (exact) mass is 759 g/mol.